The molecule has 2 aliphatic rings. The van der Waals surface area contributed by atoms with Crippen LogP contribution in [-0.4, -0.2) is 47.5 Å². The molecule has 0 N–H and O–H groups in total. The zero-order chi connectivity index (χ0) is 23.1. The molecule has 1 aliphatic heterocycles. The van der Waals surface area contributed by atoms with Crippen molar-refractivity contribution < 1.29 is 0 Å². The summed E-state index contributed by atoms with van der Waals surface area (Å²) in [5.41, 5.74) is 5.67. The van der Waals surface area contributed by atoms with Gasteiger partial charge in [-0.15, -0.1) is 0 Å². The van der Waals surface area contributed by atoms with E-state index in [2.05, 4.69) is 55.1 Å². The lowest BCUT2D eigenvalue weighted by atomic mass is 9.94. The second-order valence-corrected chi connectivity index (χ2v) is 9.19. The third-order valence-electron chi connectivity index (χ3n) is 6.41. The van der Waals surface area contributed by atoms with Gasteiger partial charge < -0.3 is 9.80 Å². The first kappa shape index (κ1) is 24.3. The Labute approximate surface area is 198 Å². The maximum atomic E-state index is 9.09. The van der Waals surface area contributed by atoms with Gasteiger partial charge in [-0.1, -0.05) is 56.3 Å². The average Bonchev–Trinajstić information content (AvgIpc) is 2.82. The van der Waals surface area contributed by atoms with Crippen LogP contribution in [-0.2, 0) is 12.8 Å². The summed E-state index contributed by atoms with van der Waals surface area (Å²) in [5.74, 6) is 0. The van der Waals surface area contributed by atoms with Gasteiger partial charge in [0.05, 0.1) is 16.6 Å². The van der Waals surface area contributed by atoms with Gasteiger partial charge in [0.2, 0.25) is 0 Å². The molecule has 0 spiro atoms. The third-order valence-corrected chi connectivity index (χ3v) is 6.84. The first-order valence-electron chi connectivity index (χ1n) is 11.7. The minimum atomic E-state index is -0.00638. The van der Waals surface area contributed by atoms with Crippen molar-refractivity contribution in [2.24, 2.45) is 0 Å². The van der Waals surface area contributed by atoms with Crippen LogP contribution in [0.5, 0.6) is 0 Å². The van der Waals surface area contributed by atoms with Gasteiger partial charge in [0, 0.05) is 36.4 Å². The minimum Gasteiger partial charge on any atom is -0.357 e. The number of hydrogen-bond acceptors (Lipinski definition) is 4. The molecule has 1 aliphatic carbocycles. The Morgan fingerprint density at radius 2 is 2.09 bits per heavy atom. The van der Waals surface area contributed by atoms with Crippen LogP contribution in [0.4, 0.5) is 0 Å². The van der Waals surface area contributed by atoms with Crippen LogP contribution in [0.2, 0.25) is 5.02 Å². The van der Waals surface area contributed by atoms with E-state index in [4.69, 9.17) is 21.8 Å². The molecule has 32 heavy (non-hydrogen) atoms. The van der Waals surface area contributed by atoms with E-state index in [9.17, 15) is 0 Å². The molecule has 1 aromatic carbocycles. The van der Waals surface area contributed by atoms with Crippen LogP contribution in [0.15, 0.2) is 37.1 Å². The van der Waals surface area contributed by atoms with Crippen molar-refractivity contribution in [2.75, 3.05) is 26.7 Å². The van der Waals surface area contributed by atoms with E-state index in [1.54, 1.807) is 0 Å². The van der Waals surface area contributed by atoms with Crippen molar-refractivity contribution in [3.05, 3.63) is 58.9 Å². The fourth-order valence-electron chi connectivity index (χ4n) is 4.44. The van der Waals surface area contributed by atoms with E-state index in [0.717, 1.165) is 66.1 Å². The van der Waals surface area contributed by atoms with E-state index < -0.39 is 0 Å². The Bertz CT molecular complexity index is 1010. The molecule has 170 valence electrons. The lowest BCUT2D eigenvalue weighted by Crippen LogP contribution is -2.50. The third kappa shape index (κ3) is 5.71. The number of pyridine rings is 1. The van der Waals surface area contributed by atoms with E-state index in [1.165, 1.54) is 36.9 Å². The predicted molar refractivity (Wildman–Crippen MR) is 136 cm³/mol. The van der Waals surface area contributed by atoms with Crippen molar-refractivity contribution in [1.29, 1.82) is 5.26 Å². The fraction of sp³-hybridized carbons (Fsp3) is 0.481. The topological polar surface area (TPSA) is 43.2 Å². The molecule has 0 amide bonds. The zero-order valence-electron chi connectivity index (χ0n) is 19.5. The maximum absolute atomic E-state index is 9.09. The van der Waals surface area contributed by atoms with Crippen molar-refractivity contribution in [3.8, 4) is 6.07 Å². The molecule has 4 nitrogen and oxygen atoms in total. The number of aryl methyl sites for hydroxylation is 1. The number of allylic oxidation sites excluding steroid dienone is 1. The van der Waals surface area contributed by atoms with Gasteiger partial charge in [-0.25, -0.2) is 0 Å². The smallest absolute Gasteiger partial charge is 0.129 e. The largest absolute Gasteiger partial charge is 0.357 e. The van der Waals surface area contributed by atoms with Gasteiger partial charge in [0.15, 0.2) is 0 Å². The first-order chi connectivity index (χ1) is 15.5. The van der Waals surface area contributed by atoms with Crippen molar-refractivity contribution >= 4 is 28.6 Å². The Hall–Kier alpha value is -2.35. The molecule has 0 radical (unpaired) electrons. The second kappa shape index (κ2) is 11.5. The highest BCUT2D eigenvalue weighted by Gasteiger charge is 2.25. The molecule has 2 aromatic rings. The number of hydrogen-bond donors (Lipinski definition) is 0. The first-order valence-corrected chi connectivity index (χ1v) is 12.1. The van der Waals surface area contributed by atoms with E-state index >= 15 is 0 Å². The molecule has 1 saturated heterocycles. The lowest BCUT2D eigenvalue weighted by Gasteiger charge is -2.39. The van der Waals surface area contributed by atoms with Gasteiger partial charge in [-0.2, -0.15) is 5.26 Å². The number of unbranched alkanes of at least 4 members (excludes halogenated alkanes) is 1. The number of fused-ring (bicyclic) bond motifs is 2. The molecule has 1 fully saturated rings. The molecule has 4 rings (SSSR count). The van der Waals surface area contributed by atoms with E-state index in [0.29, 0.717) is 0 Å². The highest BCUT2D eigenvalue weighted by molar-refractivity contribution is 6.36. The molecule has 2 heterocycles. The average molecular weight is 451 g/mol. The number of halogens is 1. The molecule has 1 aromatic heterocycles. The normalized spacial score (nSPS) is 18.3. The second-order valence-electron chi connectivity index (χ2n) is 8.81. The summed E-state index contributed by atoms with van der Waals surface area (Å²) in [6.45, 7) is 12.9. The Morgan fingerprint density at radius 1 is 1.31 bits per heavy atom. The summed E-state index contributed by atoms with van der Waals surface area (Å²) < 4.78 is 0. The van der Waals surface area contributed by atoms with Crippen molar-refractivity contribution in [3.63, 3.8) is 0 Å². The van der Waals surface area contributed by atoms with Crippen LogP contribution in [0, 0.1) is 11.3 Å². The van der Waals surface area contributed by atoms with Gasteiger partial charge in [0.25, 0.3) is 0 Å². The van der Waals surface area contributed by atoms with Crippen molar-refractivity contribution in [2.45, 2.75) is 57.9 Å². The quantitative estimate of drug-likeness (QED) is 0.540. The molecular formula is C27H35ClN4. The van der Waals surface area contributed by atoms with Crippen molar-refractivity contribution in [1.82, 2.24) is 14.8 Å². The van der Waals surface area contributed by atoms with Gasteiger partial charge in [-0.05, 0) is 62.8 Å². The van der Waals surface area contributed by atoms with E-state index in [-0.39, 0.29) is 6.04 Å². The predicted octanol–water partition coefficient (Wildman–Crippen LogP) is 6.24. The Kier molecular flexibility index (Phi) is 8.73. The highest BCUT2D eigenvalue weighted by atomic mass is 35.5. The summed E-state index contributed by atoms with van der Waals surface area (Å²) in [5, 5.41) is 11.1. The number of aromatic nitrogens is 1. The van der Waals surface area contributed by atoms with Gasteiger partial charge >= 0.3 is 0 Å². The number of benzene rings is 1. The summed E-state index contributed by atoms with van der Waals surface area (Å²) in [4.78, 5) is 9.14. The lowest BCUT2D eigenvalue weighted by molar-refractivity contribution is 0.147. The van der Waals surface area contributed by atoms with Crippen LogP contribution < -0.4 is 0 Å². The minimum absolute atomic E-state index is 0.00638. The number of nitrogens with zero attached hydrogens (tertiary/aromatic N) is 4. The number of likely N-dealkylation sites (N-methyl/N-ethyl adjacent to an activating group) is 1. The SMILES string of the molecule is C=C(CCCC)N1CCN(C)CC1C#N.C=Cc1ccc2c(Cl)c3c(nc2c1)CCCC3. The highest BCUT2D eigenvalue weighted by Crippen LogP contribution is 2.33. The number of rotatable bonds is 5. The maximum Gasteiger partial charge on any atom is 0.129 e. The fourth-order valence-corrected chi connectivity index (χ4v) is 4.81. The summed E-state index contributed by atoms with van der Waals surface area (Å²) in [7, 11) is 2.07. The monoisotopic (exact) mass is 450 g/mol. The van der Waals surface area contributed by atoms with Crippen LogP contribution >= 0.6 is 11.6 Å². The van der Waals surface area contributed by atoms with Gasteiger partial charge in [-0.3, -0.25) is 4.98 Å². The Morgan fingerprint density at radius 3 is 2.81 bits per heavy atom. The molecule has 1 atom stereocenters. The Balaban J connectivity index is 0.000000183. The number of nitriles is 1. The van der Waals surface area contributed by atoms with Crippen LogP contribution in [0.3, 0.4) is 0 Å². The summed E-state index contributed by atoms with van der Waals surface area (Å²) >= 11 is 6.49. The molecule has 0 saturated carbocycles. The van der Waals surface area contributed by atoms with Crippen LogP contribution in [0.25, 0.3) is 17.0 Å². The molecular weight excluding hydrogens is 416 g/mol. The number of piperazine rings is 1. The molecule has 5 heteroatoms. The zero-order valence-corrected chi connectivity index (χ0v) is 20.3. The summed E-state index contributed by atoms with van der Waals surface area (Å²) in [6.07, 6.45) is 9.80. The molecule has 1 unspecified atom stereocenters. The standard InChI is InChI=1S/C15H14ClN.C12H21N3/c1-2-10-7-8-12-14(9-10)17-13-6-4-3-5-11(13)15(12)16;1-4-5-6-11(2)15-8-7-14(3)10-12(15)9-13/h2,7-9H,1,3-6H2;12H,2,4-8,10H2,1,3H3. The van der Waals surface area contributed by atoms with Gasteiger partial charge in [0.1, 0.15) is 6.04 Å². The molecule has 0 bridgehead atoms. The van der Waals surface area contributed by atoms with Crippen LogP contribution in [0.1, 0.15) is 55.8 Å². The van der Waals surface area contributed by atoms with E-state index in [1.807, 2.05) is 12.1 Å². The summed E-state index contributed by atoms with van der Waals surface area (Å²) in [6, 6.07) is 8.51.